The molecule has 0 aliphatic carbocycles. The Bertz CT molecular complexity index is 1140. The van der Waals surface area contributed by atoms with E-state index in [-0.39, 0.29) is 17.3 Å². The number of nitrogens with zero attached hydrogens (tertiary/aromatic N) is 4. The zero-order valence-corrected chi connectivity index (χ0v) is 19.3. The molecule has 180 valence electrons. The van der Waals surface area contributed by atoms with E-state index in [1.54, 1.807) is 25.7 Å². The lowest BCUT2D eigenvalue weighted by molar-refractivity contribution is 0.0240. The smallest absolute Gasteiger partial charge is 0.410 e. The van der Waals surface area contributed by atoms with Gasteiger partial charge in [0, 0.05) is 56.3 Å². The number of ether oxygens (including phenoxy) is 1. The number of carbonyl (C=O) groups is 1. The van der Waals surface area contributed by atoms with Crippen LogP contribution < -0.4 is 10.2 Å². The van der Waals surface area contributed by atoms with Gasteiger partial charge in [0.1, 0.15) is 17.2 Å². The molecule has 0 bridgehead atoms. The summed E-state index contributed by atoms with van der Waals surface area (Å²) < 4.78 is 69.9. The number of nitrogens with one attached hydrogen (secondary N) is 1. The number of aromatic nitrogens is 2. The van der Waals surface area contributed by atoms with Crippen LogP contribution in [0.2, 0.25) is 0 Å². The highest BCUT2D eigenvalue weighted by Gasteiger charge is 2.27. The third-order valence-corrected chi connectivity index (χ3v) is 5.38. The van der Waals surface area contributed by atoms with E-state index in [0.29, 0.717) is 26.2 Å². The van der Waals surface area contributed by atoms with Gasteiger partial charge in [-0.05, 0) is 20.8 Å². The Morgan fingerprint density at radius 3 is 2.12 bits per heavy atom. The average Bonchev–Trinajstić information content (AvgIpc) is 2.70. The Kier molecular flexibility index (Phi) is 6.73. The van der Waals surface area contributed by atoms with Gasteiger partial charge in [-0.15, -0.1) is 0 Å². The van der Waals surface area contributed by atoms with Crippen molar-refractivity contribution in [1.29, 1.82) is 0 Å². The molecule has 1 N–H and O–H groups in total. The predicted molar refractivity (Wildman–Crippen MR) is 115 cm³/mol. The molecule has 3 rings (SSSR count). The van der Waals surface area contributed by atoms with Gasteiger partial charge in [0.05, 0.1) is 0 Å². The number of carbonyl (C=O) groups excluding carboxylic acids is 1. The second-order valence-electron chi connectivity index (χ2n) is 8.50. The normalized spacial score (nSPS) is 14.9. The zero-order chi connectivity index (χ0) is 24.6. The number of amides is 1. The summed E-state index contributed by atoms with van der Waals surface area (Å²) >= 11 is 0. The standard InChI is InChI=1S/C20H24F3N5O4S/c1-20(2,3)32-19(29)28-7-5-27(6-8-28)16-11-15(25-18(26-16)33(4,30)31)24-12-9-13(21)17(23)14(22)10-12/h9-11H,5-8H2,1-4H3,(H,24,25,26). The van der Waals surface area contributed by atoms with E-state index in [4.69, 9.17) is 4.74 Å². The van der Waals surface area contributed by atoms with Gasteiger partial charge in [-0.3, -0.25) is 0 Å². The number of rotatable bonds is 4. The van der Waals surface area contributed by atoms with E-state index in [9.17, 15) is 26.4 Å². The number of sulfone groups is 1. The van der Waals surface area contributed by atoms with Crippen LogP contribution in [0, 0.1) is 17.5 Å². The lowest BCUT2D eigenvalue weighted by Crippen LogP contribution is -2.50. The Morgan fingerprint density at radius 2 is 1.61 bits per heavy atom. The van der Waals surface area contributed by atoms with Gasteiger partial charge < -0.3 is 19.9 Å². The number of anilines is 3. The van der Waals surface area contributed by atoms with Crippen LogP contribution in [-0.2, 0) is 14.6 Å². The summed E-state index contributed by atoms with van der Waals surface area (Å²) in [4.78, 5) is 23.5. The SMILES string of the molecule is CC(C)(C)OC(=O)N1CCN(c2cc(Nc3cc(F)c(F)c(F)c3)nc(S(C)(=O)=O)n2)CC1. The van der Waals surface area contributed by atoms with E-state index in [1.165, 1.54) is 11.0 Å². The fourth-order valence-corrected chi connectivity index (χ4v) is 3.55. The summed E-state index contributed by atoms with van der Waals surface area (Å²) in [5.74, 6) is -4.26. The van der Waals surface area contributed by atoms with Crippen LogP contribution in [0.5, 0.6) is 0 Å². The molecule has 1 saturated heterocycles. The van der Waals surface area contributed by atoms with E-state index >= 15 is 0 Å². The van der Waals surface area contributed by atoms with Crippen LogP contribution in [0.1, 0.15) is 20.8 Å². The molecule has 0 atom stereocenters. The van der Waals surface area contributed by atoms with Crippen LogP contribution in [0.3, 0.4) is 0 Å². The monoisotopic (exact) mass is 487 g/mol. The predicted octanol–water partition coefficient (Wildman–Crippen LogP) is 3.10. The molecule has 33 heavy (non-hydrogen) atoms. The summed E-state index contributed by atoms with van der Waals surface area (Å²) in [6.07, 6.45) is 0.470. The number of hydrogen-bond donors (Lipinski definition) is 1. The second-order valence-corrected chi connectivity index (χ2v) is 10.4. The first-order chi connectivity index (χ1) is 15.2. The van der Waals surface area contributed by atoms with E-state index in [2.05, 4.69) is 15.3 Å². The Balaban J connectivity index is 1.84. The van der Waals surface area contributed by atoms with Crippen molar-refractivity contribution in [2.24, 2.45) is 0 Å². The molecule has 0 saturated carbocycles. The quantitative estimate of drug-likeness (QED) is 0.518. The summed E-state index contributed by atoms with van der Waals surface area (Å²) in [6.45, 7) is 6.58. The molecule has 2 heterocycles. The molecule has 0 radical (unpaired) electrons. The lowest BCUT2D eigenvalue weighted by atomic mass is 10.2. The highest BCUT2D eigenvalue weighted by molar-refractivity contribution is 7.90. The van der Waals surface area contributed by atoms with Crippen molar-refractivity contribution in [1.82, 2.24) is 14.9 Å². The zero-order valence-electron chi connectivity index (χ0n) is 18.5. The molecule has 0 unspecified atom stereocenters. The molecular formula is C20H24F3N5O4S. The Hall–Kier alpha value is -3.09. The Labute approximate surface area is 189 Å². The second kappa shape index (κ2) is 9.04. The third-order valence-electron chi connectivity index (χ3n) is 4.54. The van der Waals surface area contributed by atoms with Crippen LogP contribution in [0.4, 0.5) is 35.3 Å². The minimum absolute atomic E-state index is 0.0552. The van der Waals surface area contributed by atoms with Crippen molar-refractivity contribution < 1.29 is 31.1 Å². The Morgan fingerprint density at radius 1 is 1.03 bits per heavy atom. The van der Waals surface area contributed by atoms with E-state index in [0.717, 1.165) is 18.4 Å². The van der Waals surface area contributed by atoms with Crippen LogP contribution in [0.25, 0.3) is 0 Å². The van der Waals surface area contributed by atoms with Gasteiger partial charge in [0.2, 0.25) is 9.84 Å². The average molecular weight is 488 g/mol. The topological polar surface area (TPSA) is 105 Å². The van der Waals surface area contributed by atoms with Crippen molar-refractivity contribution in [2.45, 2.75) is 31.5 Å². The molecule has 1 aliphatic heterocycles. The van der Waals surface area contributed by atoms with Crippen LogP contribution >= 0.6 is 0 Å². The van der Waals surface area contributed by atoms with E-state index < -0.39 is 44.1 Å². The van der Waals surface area contributed by atoms with Crippen molar-refractivity contribution in [3.63, 3.8) is 0 Å². The minimum atomic E-state index is -3.83. The van der Waals surface area contributed by atoms with Crippen molar-refractivity contribution in [2.75, 3.05) is 42.7 Å². The maximum absolute atomic E-state index is 13.6. The summed E-state index contributed by atoms with van der Waals surface area (Å²) in [7, 11) is -3.83. The minimum Gasteiger partial charge on any atom is -0.444 e. The number of hydrogen-bond acceptors (Lipinski definition) is 8. The third kappa shape index (κ3) is 6.24. The highest BCUT2D eigenvalue weighted by atomic mass is 32.2. The van der Waals surface area contributed by atoms with Gasteiger partial charge >= 0.3 is 6.09 Å². The molecule has 0 spiro atoms. The van der Waals surface area contributed by atoms with Crippen molar-refractivity contribution >= 4 is 33.3 Å². The molecule has 1 aromatic heterocycles. The summed E-state index contributed by atoms with van der Waals surface area (Å²) in [5, 5.41) is 2.08. The molecule has 1 fully saturated rings. The van der Waals surface area contributed by atoms with Crippen LogP contribution in [0.15, 0.2) is 23.4 Å². The number of piperazine rings is 1. The van der Waals surface area contributed by atoms with Gasteiger partial charge in [-0.1, -0.05) is 0 Å². The molecular weight excluding hydrogens is 463 g/mol. The van der Waals surface area contributed by atoms with Crippen molar-refractivity contribution in [3.8, 4) is 0 Å². The van der Waals surface area contributed by atoms with Crippen LogP contribution in [-0.4, -0.2) is 67.4 Å². The van der Waals surface area contributed by atoms with Crippen molar-refractivity contribution in [3.05, 3.63) is 35.7 Å². The van der Waals surface area contributed by atoms with Gasteiger partial charge in [0.15, 0.2) is 17.5 Å². The summed E-state index contributed by atoms with van der Waals surface area (Å²) in [6, 6.07) is 2.84. The molecule has 13 heteroatoms. The van der Waals surface area contributed by atoms with E-state index in [1.807, 2.05) is 0 Å². The first-order valence-corrected chi connectivity index (χ1v) is 11.9. The maximum Gasteiger partial charge on any atom is 0.410 e. The fourth-order valence-electron chi connectivity index (χ4n) is 3.02. The largest absolute Gasteiger partial charge is 0.444 e. The fraction of sp³-hybridized carbons (Fsp3) is 0.450. The lowest BCUT2D eigenvalue weighted by Gasteiger charge is -2.36. The number of benzene rings is 1. The first kappa shape index (κ1) is 24.6. The molecule has 1 aromatic carbocycles. The molecule has 1 aliphatic rings. The highest BCUT2D eigenvalue weighted by Crippen LogP contribution is 2.25. The molecule has 2 aromatic rings. The maximum atomic E-state index is 13.6. The number of halogens is 3. The van der Waals surface area contributed by atoms with Gasteiger partial charge in [0.25, 0.3) is 5.16 Å². The molecule has 9 nitrogen and oxygen atoms in total. The van der Waals surface area contributed by atoms with Gasteiger partial charge in [-0.25, -0.2) is 36.4 Å². The molecule has 1 amide bonds. The van der Waals surface area contributed by atoms with Gasteiger partial charge in [-0.2, -0.15) is 0 Å². The first-order valence-electron chi connectivity index (χ1n) is 9.96. The summed E-state index contributed by atoms with van der Waals surface area (Å²) in [5.41, 5.74) is -0.796.